The van der Waals surface area contributed by atoms with Crippen molar-refractivity contribution >= 4 is 0 Å². The van der Waals surface area contributed by atoms with Gasteiger partial charge in [-0.1, -0.05) is 33.3 Å². The third kappa shape index (κ3) is 2.10. The van der Waals surface area contributed by atoms with Crippen molar-refractivity contribution in [2.45, 2.75) is 70.8 Å². The van der Waals surface area contributed by atoms with Crippen LogP contribution < -0.4 is 0 Å². The molecule has 23 heavy (non-hydrogen) atoms. The summed E-state index contributed by atoms with van der Waals surface area (Å²) in [5.74, 6) is 1.38. The van der Waals surface area contributed by atoms with Crippen molar-refractivity contribution in [1.82, 2.24) is 4.90 Å². The molecule has 0 radical (unpaired) electrons. The summed E-state index contributed by atoms with van der Waals surface area (Å²) in [5.41, 5.74) is 3.40. The largest absolute Gasteiger partial charge is 0.508 e. The standard InChI is InChI=1S/C21H31NO/c1-4-21-10-11-22(14-15-6-5-7-15)19(20(21,2)3)12-16-8-9-17(23)13-18(16)21/h8-9,13,15,19,23H,4-7,10-12,14H2,1-3H3/t19-,21?/m0/s1. The smallest absolute Gasteiger partial charge is 0.115 e. The summed E-state index contributed by atoms with van der Waals surface area (Å²) in [6.07, 6.45) is 7.87. The van der Waals surface area contributed by atoms with Crippen LogP contribution in [0.5, 0.6) is 5.75 Å². The van der Waals surface area contributed by atoms with Crippen molar-refractivity contribution in [1.29, 1.82) is 0 Å². The van der Waals surface area contributed by atoms with Crippen LogP contribution in [0, 0.1) is 11.3 Å². The molecule has 3 aliphatic rings. The number of hydrogen-bond acceptors (Lipinski definition) is 2. The number of likely N-dealkylation sites (tertiary alicyclic amines) is 1. The fraction of sp³-hybridized carbons (Fsp3) is 0.714. The predicted molar refractivity (Wildman–Crippen MR) is 94.9 cm³/mol. The molecule has 1 aliphatic heterocycles. The number of benzene rings is 1. The van der Waals surface area contributed by atoms with Crippen LogP contribution in [0.1, 0.15) is 64.0 Å². The molecule has 1 N–H and O–H groups in total. The van der Waals surface area contributed by atoms with E-state index in [9.17, 15) is 5.11 Å². The number of nitrogens with zero attached hydrogens (tertiary/aromatic N) is 1. The van der Waals surface area contributed by atoms with E-state index >= 15 is 0 Å². The Balaban J connectivity index is 1.75. The van der Waals surface area contributed by atoms with Crippen LogP contribution in [-0.2, 0) is 11.8 Å². The van der Waals surface area contributed by atoms with Gasteiger partial charge in [-0.15, -0.1) is 0 Å². The summed E-state index contributed by atoms with van der Waals surface area (Å²) < 4.78 is 0. The lowest BCUT2D eigenvalue weighted by Gasteiger charge is -2.62. The molecule has 1 heterocycles. The van der Waals surface area contributed by atoms with E-state index in [0.29, 0.717) is 11.8 Å². The molecule has 2 aliphatic carbocycles. The second-order valence-corrected chi connectivity index (χ2v) is 8.76. The monoisotopic (exact) mass is 313 g/mol. The number of phenols is 1. The molecule has 0 spiro atoms. The maximum Gasteiger partial charge on any atom is 0.115 e. The minimum Gasteiger partial charge on any atom is -0.508 e. The minimum absolute atomic E-state index is 0.222. The Hall–Kier alpha value is -1.02. The maximum absolute atomic E-state index is 10.1. The van der Waals surface area contributed by atoms with Crippen LogP contribution >= 0.6 is 0 Å². The molecule has 1 unspecified atom stereocenters. The van der Waals surface area contributed by atoms with E-state index in [0.717, 1.165) is 12.3 Å². The van der Waals surface area contributed by atoms with Gasteiger partial charge < -0.3 is 5.11 Å². The molecule has 2 bridgehead atoms. The van der Waals surface area contributed by atoms with Crippen LogP contribution in [0.3, 0.4) is 0 Å². The zero-order chi connectivity index (χ0) is 16.2. The van der Waals surface area contributed by atoms with Gasteiger partial charge in [-0.25, -0.2) is 0 Å². The third-order valence-electron chi connectivity index (χ3n) is 7.68. The van der Waals surface area contributed by atoms with Crippen molar-refractivity contribution in [2.24, 2.45) is 11.3 Å². The van der Waals surface area contributed by atoms with Gasteiger partial charge in [-0.05, 0) is 73.2 Å². The zero-order valence-corrected chi connectivity index (χ0v) is 14.9. The van der Waals surface area contributed by atoms with Crippen molar-refractivity contribution < 1.29 is 5.11 Å². The first-order chi connectivity index (χ1) is 11.0. The van der Waals surface area contributed by atoms with Crippen LogP contribution in [0.2, 0.25) is 0 Å². The molecule has 126 valence electrons. The molecular formula is C21H31NO. The Kier molecular flexibility index (Phi) is 3.53. The molecule has 2 atom stereocenters. The Morgan fingerprint density at radius 2 is 2.04 bits per heavy atom. The molecule has 1 aromatic rings. The first-order valence-electron chi connectivity index (χ1n) is 9.54. The van der Waals surface area contributed by atoms with Crippen molar-refractivity contribution in [3.63, 3.8) is 0 Å². The van der Waals surface area contributed by atoms with E-state index in [1.165, 1.54) is 56.3 Å². The molecule has 2 nitrogen and oxygen atoms in total. The van der Waals surface area contributed by atoms with E-state index < -0.39 is 0 Å². The highest BCUT2D eigenvalue weighted by Gasteiger charge is 2.57. The van der Waals surface area contributed by atoms with Gasteiger partial charge in [-0.2, -0.15) is 0 Å². The third-order valence-corrected chi connectivity index (χ3v) is 7.68. The Labute approximate surface area is 140 Å². The lowest BCUT2D eigenvalue weighted by atomic mass is 9.49. The summed E-state index contributed by atoms with van der Waals surface area (Å²) in [6, 6.07) is 6.78. The van der Waals surface area contributed by atoms with E-state index in [1.807, 2.05) is 6.07 Å². The highest BCUT2D eigenvalue weighted by Crippen LogP contribution is 2.58. The van der Waals surface area contributed by atoms with E-state index in [1.54, 1.807) is 0 Å². The summed E-state index contributed by atoms with van der Waals surface area (Å²) in [6.45, 7) is 9.86. The molecule has 2 fully saturated rings. The summed E-state index contributed by atoms with van der Waals surface area (Å²) >= 11 is 0. The summed E-state index contributed by atoms with van der Waals surface area (Å²) in [5, 5.41) is 10.1. The lowest BCUT2D eigenvalue weighted by molar-refractivity contribution is -0.0583. The van der Waals surface area contributed by atoms with Crippen molar-refractivity contribution in [3.8, 4) is 5.75 Å². The second kappa shape index (κ2) is 5.24. The average Bonchev–Trinajstić information content (AvgIpc) is 2.46. The van der Waals surface area contributed by atoms with E-state index in [4.69, 9.17) is 0 Å². The van der Waals surface area contributed by atoms with Crippen LogP contribution in [0.25, 0.3) is 0 Å². The Bertz CT molecular complexity index is 604. The van der Waals surface area contributed by atoms with E-state index in [2.05, 4.69) is 37.8 Å². The molecule has 1 saturated carbocycles. The predicted octanol–water partition coefficient (Wildman–Crippen LogP) is 4.50. The zero-order valence-electron chi connectivity index (χ0n) is 14.9. The van der Waals surface area contributed by atoms with Crippen molar-refractivity contribution in [3.05, 3.63) is 29.3 Å². The van der Waals surface area contributed by atoms with Gasteiger partial charge in [0.25, 0.3) is 0 Å². The molecule has 1 saturated heterocycles. The average molecular weight is 313 g/mol. The van der Waals surface area contributed by atoms with Gasteiger partial charge in [0.1, 0.15) is 5.75 Å². The Morgan fingerprint density at radius 3 is 2.70 bits per heavy atom. The van der Waals surface area contributed by atoms with Gasteiger partial charge >= 0.3 is 0 Å². The van der Waals surface area contributed by atoms with Crippen LogP contribution in [0.15, 0.2) is 18.2 Å². The maximum atomic E-state index is 10.1. The van der Waals surface area contributed by atoms with Gasteiger partial charge in [-0.3, -0.25) is 4.90 Å². The number of rotatable bonds is 3. The highest BCUT2D eigenvalue weighted by atomic mass is 16.3. The summed E-state index contributed by atoms with van der Waals surface area (Å²) in [4.78, 5) is 2.81. The van der Waals surface area contributed by atoms with Crippen LogP contribution in [-0.4, -0.2) is 29.1 Å². The second-order valence-electron chi connectivity index (χ2n) is 8.76. The SMILES string of the molecule is CCC12CCN(CC3CCC3)[C@@H](Cc3ccc(O)cc31)C2(C)C. The number of hydrogen-bond donors (Lipinski definition) is 1. The molecule has 4 rings (SSSR count). The lowest BCUT2D eigenvalue weighted by Crippen LogP contribution is -2.65. The minimum atomic E-state index is 0.222. The van der Waals surface area contributed by atoms with E-state index in [-0.39, 0.29) is 10.8 Å². The molecule has 0 aromatic heterocycles. The quantitative estimate of drug-likeness (QED) is 0.888. The van der Waals surface area contributed by atoms with Crippen molar-refractivity contribution in [2.75, 3.05) is 13.1 Å². The number of aromatic hydroxyl groups is 1. The molecule has 1 aromatic carbocycles. The van der Waals surface area contributed by atoms with Gasteiger partial charge in [0.15, 0.2) is 0 Å². The van der Waals surface area contributed by atoms with Crippen LogP contribution in [0.4, 0.5) is 0 Å². The molecule has 2 heteroatoms. The highest BCUT2D eigenvalue weighted by molar-refractivity contribution is 5.46. The van der Waals surface area contributed by atoms with Gasteiger partial charge in [0.05, 0.1) is 0 Å². The fourth-order valence-corrected chi connectivity index (χ4v) is 5.90. The molecular weight excluding hydrogens is 282 g/mol. The first-order valence-corrected chi connectivity index (χ1v) is 9.54. The topological polar surface area (TPSA) is 23.5 Å². The number of fused-ring (bicyclic) bond motifs is 4. The number of phenolic OH excluding ortho intramolecular Hbond substituents is 1. The van der Waals surface area contributed by atoms with Gasteiger partial charge in [0.2, 0.25) is 0 Å². The summed E-state index contributed by atoms with van der Waals surface area (Å²) in [7, 11) is 0. The number of piperidine rings is 1. The Morgan fingerprint density at radius 1 is 1.26 bits per heavy atom. The normalized spacial score (nSPS) is 33.1. The molecule has 0 amide bonds. The first kappa shape index (κ1) is 15.5. The fourth-order valence-electron chi connectivity index (χ4n) is 5.90. The van der Waals surface area contributed by atoms with Gasteiger partial charge in [0, 0.05) is 18.0 Å².